The highest BCUT2D eigenvalue weighted by atomic mass is 32.1. The van der Waals surface area contributed by atoms with E-state index in [0.717, 1.165) is 22.5 Å². The molecule has 15 heteroatoms. The predicted molar refractivity (Wildman–Crippen MR) is 238 cm³/mol. The summed E-state index contributed by atoms with van der Waals surface area (Å²) in [7, 11) is 2.98. The molecule has 0 fully saturated rings. The third kappa shape index (κ3) is 7.71. The highest BCUT2D eigenvalue weighted by Crippen LogP contribution is 2.44. The molecule has 5 N–H and O–H groups in total. The van der Waals surface area contributed by atoms with Crippen LogP contribution in [0.15, 0.2) is 91.0 Å². The first kappa shape index (κ1) is 41.0. The molecule has 4 aliphatic heterocycles. The zero-order valence-corrected chi connectivity index (χ0v) is 35.5. The molecule has 320 valence electrons. The number of carbonyl (C=O) groups is 3. The first-order valence-electron chi connectivity index (χ1n) is 20.4. The largest absolute Gasteiger partial charge is 0.493 e. The Hall–Kier alpha value is -6.42. The number of nitrogens with zero attached hydrogens (tertiary/aromatic N) is 2. The van der Waals surface area contributed by atoms with Crippen molar-refractivity contribution < 1.29 is 43.5 Å². The summed E-state index contributed by atoms with van der Waals surface area (Å²) in [5.74, 6) is 0.529. The zero-order chi connectivity index (χ0) is 43.4. The second-order valence-corrected chi connectivity index (χ2v) is 17.8. The van der Waals surface area contributed by atoms with Gasteiger partial charge in [-0.25, -0.2) is 0 Å². The van der Waals surface area contributed by atoms with Crippen LogP contribution in [0.1, 0.15) is 63.2 Å². The quantitative estimate of drug-likeness (QED) is 0.0799. The normalized spacial score (nSPS) is 19.6. The summed E-state index contributed by atoms with van der Waals surface area (Å²) in [5.41, 5.74) is 6.81. The molecule has 0 saturated heterocycles. The summed E-state index contributed by atoms with van der Waals surface area (Å²) in [5, 5.41) is 31.8. The number of fused-ring (bicyclic) bond motifs is 8. The maximum atomic E-state index is 14.0. The van der Waals surface area contributed by atoms with Gasteiger partial charge >= 0.3 is 0 Å². The molecule has 5 aromatic carbocycles. The molecule has 62 heavy (non-hydrogen) atoms. The number of hydrogen-bond donors (Lipinski definition) is 6. The summed E-state index contributed by atoms with van der Waals surface area (Å²) >= 11 is 4.54. The second kappa shape index (κ2) is 16.1. The van der Waals surface area contributed by atoms with Crippen LogP contribution in [0.3, 0.4) is 0 Å². The highest BCUT2D eigenvalue weighted by Gasteiger charge is 2.43. The Morgan fingerprint density at radius 3 is 1.60 bits per heavy atom. The van der Waals surface area contributed by atoms with Crippen molar-refractivity contribution in [2.75, 3.05) is 40.0 Å². The van der Waals surface area contributed by atoms with Crippen LogP contribution < -0.4 is 44.7 Å². The molecule has 0 saturated carbocycles. The number of rotatable bonds is 11. The minimum absolute atomic E-state index is 0.0232. The molecule has 9 rings (SSSR count). The van der Waals surface area contributed by atoms with E-state index in [1.165, 1.54) is 14.2 Å². The van der Waals surface area contributed by atoms with Crippen molar-refractivity contribution in [3.05, 3.63) is 124 Å². The highest BCUT2D eigenvalue weighted by molar-refractivity contribution is 7.81. The zero-order valence-electron chi connectivity index (χ0n) is 34.6. The van der Waals surface area contributed by atoms with Crippen LogP contribution in [0.4, 0.5) is 28.4 Å². The Morgan fingerprint density at radius 2 is 1.16 bits per heavy atom. The fourth-order valence-electron chi connectivity index (χ4n) is 8.80. The standard InChI is InChI=1S/C47H47N5O9S/c1-47(2,62)22-42(53)48-29-14-25(23-60-40-20-32-30(18-38(40)58-3)45(56)51-34-11-7-5-9-27(34)16-36(51)43(54)49-32)13-26(15-29)24-61-41-21-33-31(19-39(41)59-4)46(57)52-35-12-8-6-10-28(35)17-37(52)44(55)50-33/h5-15,18-21,36-37,43-44,49-50,54-55,62H,16-17,22-24H2,1-4H3,(H,48,53)/t36-,37?,43?,44+/m0/s1. The minimum Gasteiger partial charge on any atom is -0.493 e. The Morgan fingerprint density at radius 1 is 0.710 bits per heavy atom. The van der Waals surface area contributed by atoms with Gasteiger partial charge in [-0.1, -0.05) is 50.2 Å². The van der Waals surface area contributed by atoms with Gasteiger partial charge in [0, 0.05) is 40.4 Å². The van der Waals surface area contributed by atoms with Gasteiger partial charge in [-0.05, 0) is 77.6 Å². The lowest BCUT2D eigenvalue weighted by molar-refractivity contribution is -0.116. The third-order valence-electron chi connectivity index (χ3n) is 11.6. The molecule has 0 radical (unpaired) electrons. The molecule has 0 spiro atoms. The monoisotopic (exact) mass is 857 g/mol. The number of para-hydroxylation sites is 2. The van der Waals surface area contributed by atoms with E-state index >= 15 is 0 Å². The molecule has 3 amide bonds. The summed E-state index contributed by atoms with van der Waals surface area (Å²) in [4.78, 5) is 44.4. The molecular weight excluding hydrogens is 811 g/mol. The summed E-state index contributed by atoms with van der Waals surface area (Å²) in [6, 6.07) is 26.3. The lowest BCUT2D eigenvalue weighted by Crippen LogP contribution is -2.45. The number of anilines is 5. The van der Waals surface area contributed by atoms with E-state index in [1.54, 1.807) is 46.2 Å². The molecule has 4 heterocycles. The van der Waals surface area contributed by atoms with E-state index in [0.29, 0.717) is 75.2 Å². The number of thiol groups is 1. The van der Waals surface area contributed by atoms with Gasteiger partial charge in [0.05, 0.1) is 48.8 Å². The molecule has 14 nitrogen and oxygen atoms in total. The van der Waals surface area contributed by atoms with Crippen LogP contribution in [0.2, 0.25) is 0 Å². The Labute approximate surface area is 364 Å². The Balaban J connectivity index is 0.983. The summed E-state index contributed by atoms with van der Waals surface area (Å²) in [6.45, 7) is 3.76. The first-order valence-corrected chi connectivity index (χ1v) is 20.8. The predicted octanol–water partition coefficient (Wildman–Crippen LogP) is 6.53. The van der Waals surface area contributed by atoms with Crippen molar-refractivity contribution in [1.29, 1.82) is 0 Å². The van der Waals surface area contributed by atoms with Crippen LogP contribution in [0, 0.1) is 0 Å². The van der Waals surface area contributed by atoms with E-state index < -0.39 is 29.3 Å². The summed E-state index contributed by atoms with van der Waals surface area (Å²) in [6.07, 6.45) is -0.934. The van der Waals surface area contributed by atoms with Gasteiger partial charge in [0.15, 0.2) is 23.0 Å². The number of ether oxygens (including phenoxy) is 4. The fourth-order valence-corrected chi connectivity index (χ4v) is 8.95. The molecule has 0 bridgehead atoms. The van der Waals surface area contributed by atoms with E-state index in [2.05, 4.69) is 28.6 Å². The molecule has 5 aromatic rings. The number of carbonyl (C=O) groups excluding carboxylic acids is 3. The van der Waals surface area contributed by atoms with Gasteiger partial charge in [0.2, 0.25) is 5.91 Å². The van der Waals surface area contributed by atoms with Crippen molar-refractivity contribution in [2.45, 2.75) is 75.6 Å². The Bertz CT molecular complexity index is 2450. The number of benzene rings is 5. The van der Waals surface area contributed by atoms with E-state index in [-0.39, 0.29) is 37.4 Å². The second-order valence-electron chi connectivity index (χ2n) is 16.6. The van der Waals surface area contributed by atoms with Gasteiger partial charge in [-0.2, -0.15) is 12.6 Å². The van der Waals surface area contributed by atoms with Crippen molar-refractivity contribution in [2.24, 2.45) is 0 Å². The van der Waals surface area contributed by atoms with Crippen LogP contribution in [0.25, 0.3) is 0 Å². The van der Waals surface area contributed by atoms with Gasteiger partial charge in [0.25, 0.3) is 11.8 Å². The topological polar surface area (TPSA) is 171 Å². The van der Waals surface area contributed by atoms with Crippen LogP contribution in [-0.2, 0) is 30.8 Å². The number of aliphatic hydroxyl groups is 2. The average molecular weight is 858 g/mol. The minimum atomic E-state index is -1.05. The maximum absolute atomic E-state index is 14.0. The number of nitrogens with one attached hydrogen (secondary N) is 3. The number of aliphatic hydroxyl groups excluding tert-OH is 2. The van der Waals surface area contributed by atoms with Gasteiger partial charge in [-0.3, -0.25) is 14.4 Å². The van der Waals surface area contributed by atoms with Crippen molar-refractivity contribution in [3.8, 4) is 23.0 Å². The molecule has 4 aliphatic rings. The lowest BCUT2D eigenvalue weighted by atomic mass is 10.1. The molecule has 0 aromatic heterocycles. The number of hydrogen-bond acceptors (Lipinski definition) is 12. The third-order valence-corrected chi connectivity index (χ3v) is 11.7. The van der Waals surface area contributed by atoms with E-state index in [1.807, 2.05) is 68.4 Å². The van der Waals surface area contributed by atoms with Gasteiger partial charge in [0.1, 0.15) is 25.7 Å². The van der Waals surface area contributed by atoms with Crippen LogP contribution >= 0.6 is 12.6 Å². The first-order chi connectivity index (χ1) is 29.8. The molecule has 0 aliphatic carbocycles. The number of amides is 3. The average Bonchev–Trinajstić information content (AvgIpc) is 3.78. The van der Waals surface area contributed by atoms with E-state index in [9.17, 15) is 24.6 Å². The molecule has 4 atom stereocenters. The Kier molecular flexibility index (Phi) is 10.7. The number of methoxy groups -OCH3 is 2. The van der Waals surface area contributed by atoms with Crippen LogP contribution in [0.5, 0.6) is 23.0 Å². The molecule has 2 unspecified atom stereocenters. The van der Waals surface area contributed by atoms with Crippen LogP contribution in [-0.4, -0.2) is 71.4 Å². The lowest BCUT2D eigenvalue weighted by Gasteiger charge is -2.26. The smallest absolute Gasteiger partial charge is 0.260 e. The fraction of sp³-hybridized carbons (Fsp3) is 0.298. The van der Waals surface area contributed by atoms with Gasteiger partial charge in [-0.15, -0.1) is 0 Å². The maximum Gasteiger partial charge on any atom is 0.260 e. The van der Waals surface area contributed by atoms with Gasteiger partial charge < -0.3 is 54.9 Å². The SMILES string of the molecule is COc1cc2c(cc1OCc1cc(COc3cc4c(cc3OC)C(=O)N3c5ccccc5C[C@H]3C(O)N4)cc(NC(=O)CC(C)(C)S)c1)N[C@H](O)C1Cc3ccccc3N1C2=O. The molecular formula is C47H47N5O9S. The van der Waals surface area contributed by atoms with Crippen molar-refractivity contribution in [1.82, 2.24) is 0 Å². The van der Waals surface area contributed by atoms with Crippen molar-refractivity contribution >= 4 is 58.8 Å². The van der Waals surface area contributed by atoms with E-state index in [4.69, 9.17) is 18.9 Å². The summed E-state index contributed by atoms with van der Waals surface area (Å²) < 4.78 is 23.6. The van der Waals surface area contributed by atoms with Crippen molar-refractivity contribution in [3.63, 3.8) is 0 Å².